The van der Waals surface area contributed by atoms with Crippen molar-refractivity contribution in [2.45, 2.75) is 26.4 Å². The third-order valence-electron chi connectivity index (χ3n) is 3.51. The predicted octanol–water partition coefficient (Wildman–Crippen LogP) is 1.57. The number of halogens is 1. The zero-order valence-electron chi connectivity index (χ0n) is 16.3. The van der Waals surface area contributed by atoms with Crippen molar-refractivity contribution < 1.29 is 17.9 Å². The van der Waals surface area contributed by atoms with E-state index in [9.17, 15) is 8.42 Å². The summed E-state index contributed by atoms with van der Waals surface area (Å²) in [6.07, 6.45) is 0.590. The fraction of sp³-hybridized carbons (Fsp3) is 0.588. The van der Waals surface area contributed by atoms with Crippen LogP contribution in [0.2, 0.25) is 0 Å². The standard InChI is InChI=1S/C17H30N4O4S.HI/c1-5-26(22,23)21-11-7-10-19-17(18-3)20-13-14(2)25-16-9-6-8-15(12-16)24-4;/h6,8-9,12,14,21H,5,7,10-11,13H2,1-4H3,(H2,18,19,20);1H. The van der Waals surface area contributed by atoms with Gasteiger partial charge in [-0.25, -0.2) is 13.1 Å². The summed E-state index contributed by atoms with van der Waals surface area (Å²) in [5.41, 5.74) is 0. The molecule has 0 aromatic heterocycles. The number of benzene rings is 1. The predicted molar refractivity (Wildman–Crippen MR) is 120 cm³/mol. The molecule has 8 nitrogen and oxygen atoms in total. The van der Waals surface area contributed by atoms with Crippen LogP contribution in [-0.4, -0.2) is 60.0 Å². The van der Waals surface area contributed by atoms with Gasteiger partial charge in [0, 0.05) is 26.2 Å². The van der Waals surface area contributed by atoms with Crippen LogP contribution in [0.3, 0.4) is 0 Å². The van der Waals surface area contributed by atoms with Crippen molar-refractivity contribution in [3.63, 3.8) is 0 Å². The van der Waals surface area contributed by atoms with Crippen molar-refractivity contribution in [1.82, 2.24) is 15.4 Å². The van der Waals surface area contributed by atoms with Crippen molar-refractivity contribution >= 4 is 40.0 Å². The molecule has 0 aliphatic heterocycles. The van der Waals surface area contributed by atoms with E-state index in [2.05, 4.69) is 20.3 Å². The number of aliphatic imine (C=N–C) groups is 1. The third-order valence-corrected chi connectivity index (χ3v) is 4.91. The molecule has 1 aromatic carbocycles. The Kier molecular flexibility index (Phi) is 13.2. The molecule has 27 heavy (non-hydrogen) atoms. The molecule has 0 heterocycles. The highest BCUT2D eigenvalue weighted by Crippen LogP contribution is 2.19. The van der Waals surface area contributed by atoms with E-state index in [1.54, 1.807) is 21.1 Å². The van der Waals surface area contributed by atoms with E-state index in [0.717, 1.165) is 11.5 Å². The lowest BCUT2D eigenvalue weighted by Crippen LogP contribution is -2.42. The highest BCUT2D eigenvalue weighted by atomic mass is 127. The first-order chi connectivity index (χ1) is 12.4. The van der Waals surface area contributed by atoms with Crippen LogP contribution in [-0.2, 0) is 10.0 Å². The van der Waals surface area contributed by atoms with Crippen molar-refractivity contribution in [2.75, 3.05) is 39.5 Å². The zero-order valence-corrected chi connectivity index (χ0v) is 19.5. The summed E-state index contributed by atoms with van der Waals surface area (Å²) in [7, 11) is 0.170. The number of rotatable bonds is 11. The van der Waals surface area contributed by atoms with Gasteiger partial charge in [-0.15, -0.1) is 24.0 Å². The van der Waals surface area contributed by atoms with Crippen LogP contribution in [0, 0.1) is 0 Å². The summed E-state index contributed by atoms with van der Waals surface area (Å²) in [6.45, 7) is 5.15. The van der Waals surface area contributed by atoms with Crippen molar-refractivity contribution in [1.29, 1.82) is 0 Å². The average molecular weight is 514 g/mol. The fourth-order valence-electron chi connectivity index (χ4n) is 2.03. The normalized spacial score (nSPS) is 12.7. The van der Waals surface area contributed by atoms with Gasteiger partial charge in [0.25, 0.3) is 0 Å². The number of hydrogen-bond donors (Lipinski definition) is 3. The number of nitrogens with zero attached hydrogens (tertiary/aromatic N) is 1. The van der Waals surface area contributed by atoms with Gasteiger partial charge in [0.15, 0.2) is 5.96 Å². The van der Waals surface area contributed by atoms with Crippen LogP contribution >= 0.6 is 24.0 Å². The summed E-state index contributed by atoms with van der Waals surface area (Å²) in [5.74, 6) is 2.22. The smallest absolute Gasteiger partial charge is 0.211 e. The van der Waals surface area contributed by atoms with Gasteiger partial charge >= 0.3 is 0 Å². The van der Waals surface area contributed by atoms with E-state index in [4.69, 9.17) is 9.47 Å². The molecule has 1 unspecified atom stereocenters. The molecule has 0 radical (unpaired) electrons. The Morgan fingerprint density at radius 3 is 2.56 bits per heavy atom. The van der Waals surface area contributed by atoms with Gasteiger partial charge in [-0.1, -0.05) is 6.07 Å². The summed E-state index contributed by atoms with van der Waals surface area (Å²) in [4.78, 5) is 4.14. The maximum absolute atomic E-state index is 11.3. The minimum absolute atomic E-state index is 0. The van der Waals surface area contributed by atoms with Crippen molar-refractivity contribution in [3.05, 3.63) is 24.3 Å². The lowest BCUT2D eigenvalue weighted by atomic mass is 10.3. The number of hydrogen-bond acceptors (Lipinski definition) is 5. The molecule has 0 amide bonds. The lowest BCUT2D eigenvalue weighted by Gasteiger charge is -2.18. The Bertz CT molecular complexity index is 671. The first-order valence-electron chi connectivity index (χ1n) is 8.62. The van der Waals surface area contributed by atoms with Gasteiger partial charge in [-0.05, 0) is 32.4 Å². The first kappa shape index (κ1) is 25.7. The second-order valence-corrected chi connectivity index (χ2v) is 7.73. The maximum atomic E-state index is 11.3. The quantitative estimate of drug-likeness (QED) is 0.180. The van der Waals surface area contributed by atoms with Crippen molar-refractivity contribution in [3.8, 4) is 11.5 Å². The Balaban J connectivity index is 0.00000676. The molecule has 1 rings (SSSR count). The lowest BCUT2D eigenvalue weighted by molar-refractivity contribution is 0.223. The van der Waals surface area contributed by atoms with E-state index >= 15 is 0 Å². The molecule has 0 spiro atoms. The van der Waals surface area contributed by atoms with Crippen LogP contribution in [0.4, 0.5) is 0 Å². The highest BCUT2D eigenvalue weighted by molar-refractivity contribution is 14.0. The Morgan fingerprint density at radius 2 is 1.93 bits per heavy atom. The van der Waals surface area contributed by atoms with Gasteiger partial charge in [0.2, 0.25) is 10.0 Å². The van der Waals surface area contributed by atoms with Gasteiger partial charge in [-0.2, -0.15) is 0 Å². The Labute approximate surface area is 179 Å². The van der Waals surface area contributed by atoms with Crippen LogP contribution in [0.1, 0.15) is 20.3 Å². The second-order valence-electron chi connectivity index (χ2n) is 5.64. The van der Waals surface area contributed by atoms with Crippen molar-refractivity contribution in [2.24, 2.45) is 4.99 Å². The molecule has 0 bridgehead atoms. The van der Waals surface area contributed by atoms with Crippen LogP contribution in [0.15, 0.2) is 29.3 Å². The van der Waals surface area contributed by atoms with Crippen LogP contribution < -0.4 is 24.8 Å². The van der Waals surface area contributed by atoms with E-state index < -0.39 is 10.0 Å². The summed E-state index contributed by atoms with van der Waals surface area (Å²) in [5, 5.41) is 6.32. The van der Waals surface area contributed by atoms with Gasteiger partial charge in [0.1, 0.15) is 17.6 Å². The zero-order chi connectivity index (χ0) is 19.4. The summed E-state index contributed by atoms with van der Waals surface area (Å²) >= 11 is 0. The minimum Gasteiger partial charge on any atom is -0.497 e. The molecule has 1 atom stereocenters. The topological polar surface area (TPSA) is 101 Å². The molecule has 3 N–H and O–H groups in total. The fourth-order valence-corrected chi connectivity index (χ4v) is 2.69. The molecule has 0 aliphatic rings. The number of nitrogens with one attached hydrogen (secondary N) is 3. The molecule has 0 aliphatic carbocycles. The average Bonchev–Trinajstić information content (AvgIpc) is 2.64. The number of ether oxygens (including phenoxy) is 2. The van der Waals surface area contributed by atoms with E-state index in [-0.39, 0.29) is 35.8 Å². The van der Waals surface area contributed by atoms with E-state index in [1.807, 2.05) is 31.2 Å². The molecular weight excluding hydrogens is 483 g/mol. The second kappa shape index (κ2) is 13.8. The van der Waals surface area contributed by atoms with Gasteiger partial charge < -0.3 is 20.1 Å². The Hall–Kier alpha value is -1.27. The first-order valence-corrected chi connectivity index (χ1v) is 10.3. The highest BCUT2D eigenvalue weighted by Gasteiger charge is 2.07. The molecule has 0 saturated heterocycles. The molecule has 1 aromatic rings. The molecule has 0 fully saturated rings. The number of guanidine groups is 1. The molecule has 0 saturated carbocycles. The monoisotopic (exact) mass is 514 g/mol. The third kappa shape index (κ3) is 11.2. The SMILES string of the molecule is CCS(=O)(=O)NCCCNC(=NC)NCC(C)Oc1cccc(OC)c1.I. The van der Waals surface area contributed by atoms with Gasteiger partial charge in [0.05, 0.1) is 19.4 Å². The summed E-state index contributed by atoms with van der Waals surface area (Å²) in [6, 6.07) is 7.45. The Morgan fingerprint density at radius 1 is 1.22 bits per heavy atom. The largest absolute Gasteiger partial charge is 0.497 e. The van der Waals surface area contributed by atoms with E-state index in [0.29, 0.717) is 32.0 Å². The minimum atomic E-state index is -3.13. The summed E-state index contributed by atoms with van der Waals surface area (Å²) < 4.78 is 36.2. The molecule has 10 heteroatoms. The maximum Gasteiger partial charge on any atom is 0.211 e. The van der Waals surface area contributed by atoms with E-state index in [1.165, 1.54) is 0 Å². The van der Waals surface area contributed by atoms with Gasteiger partial charge in [-0.3, -0.25) is 4.99 Å². The molecule has 156 valence electrons. The van der Waals surface area contributed by atoms with Crippen LogP contribution in [0.25, 0.3) is 0 Å². The number of sulfonamides is 1. The van der Waals surface area contributed by atoms with Crippen LogP contribution in [0.5, 0.6) is 11.5 Å². The molecular formula is C17H31IN4O4S. The number of methoxy groups -OCH3 is 1.